The van der Waals surface area contributed by atoms with Crippen molar-refractivity contribution in [3.8, 4) is 0 Å². The molecule has 5 heterocycles. The lowest BCUT2D eigenvalue weighted by Crippen LogP contribution is -2.50. The number of halogens is 1. The Balaban J connectivity index is 1.32. The van der Waals surface area contributed by atoms with Gasteiger partial charge >= 0.3 is 0 Å². The van der Waals surface area contributed by atoms with Gasteiger partial charge in [0.05, 0.1) is 23.8 Å². The van der Waals surface area contributed by atoms with Crippen LogP contribution in [0.25, 0.3) is 11.2 Å². The zero-order valence-corrected chi connectivity index (χ0v) is 18.0. The summed E-state index contributed by atoms with van der Waals surface area (Å²) in [5.74, 6) is 0.164. The fraction of sp³-hybridized carbons (Fsp3) is 0.429. The van der Waals surface area contributed by atoms with E-state index in [9.17, 15) is 4.39 Å². The van der Waals surface area contributed by atoms with E-state index in [0.717, 1.165) is 38.4 Å². The molecule has 0 amide bonds. The third-order valence-corrected chi connectivity index (χ3v) is 7.36. The lowest BCUT2D eigenvalue weighted by Gasteiger charge is -2.41. The van der Waals surface area contributed by atoms with Gasteiger partial charge in [-0.25, -0.2) is 24.3 Å². The summed E-state index contributed by atoms with van der Waals surface area (Å²) in [7, 11) is 0. The number of piperidine rings is 1. The summed E-state index contributed by atoms with van der Waals surface area (Å²) in [5, 5.41) is 0.614. The second-order valence-electron chi connectivity index (χ2n) is 8.22. The highest BCUT2D eigenvalue weighted by molar-refractivity contribution is 7.99. The topological polar surface area (TPSA) is 116 Å². The van der Waals surface area contributed by atoms with Crippen molar-refractivity contribution < 1.29 is 9.13 Å². The number of nitrogens with zero attached hydrogens (tertiary/aromatic N) is 5. The molecule has 162 valence electrons. The normalized spacial score (nSPS) is 23.0. The second-order valence-corrected chi connectivity index (χ2v) is 9.28. The molecule has 2 aliphatic heterocycles. The molecule has 0 radical (unpaired) electrons. The third kappa shape index (κ3) is 3.68. The molecule has 2 saturated heterocycles. The maximum atomic E-state index is 14.1. The Morgan fingerprint density at radius 1 is 1.19 bits per heavy atom. The van der Waals surface area contributed by atoms with E-state index in [2.05, 4.69) is 26.8 Å². The SMILES string of the molecule is C[C@@H]1OCC2(CCN(c3cnc4nc(Sc5ccnc(N)c5F)ccc4n3)CC2)[C@@H]1N. The highest BCUT2D eigenvalue weighted by Gasteiger charge is 2.47. The van der Waals surface area contributed by atoms with Crippen LogP contribution in [0.15, 0.2) is 40.5 Å². The quantitative estimate of drug-likeness (QED) is 0.632. The van der Waals surface area contributed by atoms with Gasteiger partial charge in [-0.2, -0.15) is 0 Å². The molecule has 2 aliphatic rings. The highest BCUT2D eigenvalue weighted by Crippen LogP contribution is 2.41. The van der Waals surface area contributed by atoms with Crippen molar-refractivity contribution in [2.45, 2.75) is 41.8 Å². The fourth-order valence-electron chi connectivity index (χ4n) is 4.37. The minimum Gasteiger partial charge on any atom is -0.381 e. The largest absolute Gasteiger partial charge is 0.381 e. The van der Waals surface area contributed by atoms with Gasteiger partial charge in [0.1, 0.15) is 16.4 Å². The van der Waals surface area contributed by atoms with Crippen molar-refractivity contribution in [2.24, 2.45) is 11.1 Å². The van der Waals surface area contributed by atoms with E-state index in [1.165, 1.54) is 18.0 Å². The van der Waals surface area contributed by atoms with E-state index in [0.29, 0.717) is 21.1 Å². The molecule has 0 saturated carbocycles. The number of nitrogens with two attached hydrogens (primary N) is 2. The zero-order chi connectivity index (χ0) is 21.6. The smallest absolute Gasteiger partial charge is 0.179 e. The number of fused-ring (bicyclic) bond motifs is 1. The van der Waals surface area contributed by atoms with Gasteiger partial charge in [-0.15, -0.1) is 0 Å². The molecule has 5 rings (SSSR count). The van der Waals surface area contributed by atoms with Crippen molar-refractivity contribution in [1.82, 2.24) is 19.9 Å². The number of ether oxygens (including phenoxy) is 1. The second kappa shape index (κ2) is 7.85. The van der Waals surface area contributed by atoms with E-state index in [1.807, 2.05) is 12.1 Å². The van der Waals surface area contributed by atoms with Gasteiger partial charge in [-0.1, -0.05) is 11.8 Å². The Labute approximate surface area is 183 Å². The first kappa shape index (κ1) is 20.3. The number of nitrogen functional groups attached to an aromatic ring is 1. The molecule has 1 spiro atoms. The first-order chi connectivity index (χ1) is 14.9. The fourth-order valence-corrected chi connectivity index (χ4v) is 5.19. The minimum atomic E-state index is -0.541. The third-order valence-electron chi connectivity index (χ3n) is 6.39. The number of hydrogen-bond donors (Lipinski definition) is 2. The monoisotopic (exact) mass is 441 g/mol. The Morgan fingerprint density at radius 3 is 2.74 bits per heavy atom. The summed E-state index contributed by atoms with van der Waals surface area (Å²) in [5.41, 5.74) is 13.2. The Bertz CT molecular complexity index is 1120. The summed E-state index contributed by atoms with van der Waals surface area (Å²) < 4.78 is 19.9. The van der Waals surface area contributed by atoms with Crippen LogP contribution in [-0.2, 0) is 4.74 Å². The number of hydrogen-bond acceptors (Lipinski definition) is 9. The maximum Gasteiger partial charge on any atom is 0.179 e. The van der Waals surface area contributed by atoms with Crippen LogP contribution < -0.4 is 16.4 Å². The van der Waals surface area contributed by atoms with Crippen LogP contribution in [-0.4, -0.2) is 51.8 Å². The number of pyridine rings is 2. The first-order valence-electron chi connectivity index (χ1n) is 10.3. The summed E-state index contributed by atoms with van der Waals surface area (Å²) in [4.78, 5) is 20.1. The molecule has 2 fully saturated rings. The van der Waals surface area contributed by atoms with E-state index >= 15 is 0 Å². The molecular formula is C21H24FN7OS. The first-order valence-corrected chi connectivity index (χ1v) is 11.1. The van der Waals surface area contributed by atoms with Crippen LogP contribution in [0.1, 0.15) is 19.8 Å². The van der Waals surface area contributed by atoms with E-state index in [4.69, 9.17) is 21.2 Å². The average molecular weight is 442 g/mol. The average Bonchev–Trinajstić information content (AvgIpc) is 3.06. The van der Waals surface area contributed by atoms with Crippen LogP contribution >= 0.6 is 11.8 Å². The van der Waals surface area contributed by atoms with Crippen LogP contribution in [0, 0.1) is 11.2 Å². The predicted molar refractivity (Wildman–Crippen MR) is 117 cm³/mol. The van der Waals surface area contributed by atoms with Crippen molar-refractivity contribution >= 4 is 34.6 Å². The summed E-state index contributed by atoms with van der Waals surface area (Å²) in [6.45, 7) is 4.53. The number of anilines is 2. The molecule has 0 aromatic carbocycles. The van der Waals surface area contributed by atoms with Gasteiger partial charge in [0.2, 0.25) is 0 Å². The van der Waals surface area contributed by atoms with Crippen molar-refractivity contribution in [1.29, 1.82) is 0 Å². The Kier molecular flexibility index (Phi) is 5.15. The summed E-state index contributed by atoms with van der Waals surface area (Å²) >= 11 is 1.18. The summed E-state index contributed by atoms with van der Waals surface area (Å²) in [6, 6.07) is 5.32. The van der Waals surface area contributed by atoms with Crippen molar-refractivity contribution in [3.05, 3.63) is 36.4 Å². The standard InChI is InChI=1S/C21H24FN7OS/c1-12-18(23)21(11-30-12)5-8-29(9-6-21)15-10-26-20-13(27-15)2-3-16(28-20)31-14-4-7-25-19(24)17(14)22/h2-4,7,10,12,18H,5-6,8-9,11,23H2,1H3,(H2,24,25)/t12-,18+/m0/s1. The lowest BCUT2D eigenvalue weighted by atomic mass is 9.73. The van der Waals surface area contributed by atoms with E-state index in [-0.39, 0.29) is 23.4 Å². The molecule has 3 aromatic rings. The summed E-state index contributed by atoms with van der Waals surface area (Å²) in [6.07, 6.45) is 5.30. The molecule has 0 bridgehead atoms. The lowest BCUT2D eigenvalue weighted by molar-refractivity contribution is 0.0974. The van der Waals surface area contributed by atoms with Gasteiger partial charge < -0.3 is 21.1 Å². The van der Waals surface area contributed by atoms with Crippen LogP contribution in [0.4, 0.5) is 16.0 Å². The number of rotatable bonds is 3. The zero-order valence-electron chi connectivity index (χ0n) is 17.2. The van der Waals surface area contributed by atoms with E-state index in [1.54, 1.807) is 12.3 Å². The van der Waals surface area contributed by atoms with E-state index < -0.39 is 5.82 Å². The molecule has 4 N–H and O–H groups in total. The van der Waals surface area contributed by atoms with Crippen LogP contribution in [0.5, 0.6) is 0 Å². The highest BCUT2D eigenvalue weighted by atomic mass is 32.2. The minimum absolute atomic E-state index is 0.0689. The van der Waals surface area contributed by atoms with Crippen molar-refractivity contribution in [2.75, 3.05) is 30.3 Å². The van der Waals surface area contributed by atoms with Crippen LogP contribution in [0.3, 0.4) is 0 Å². The molecule has 2 atom stereocenters. The molecule has 31 heavy (non-hydrogen) atoms. The van der Waals surface area contributed by atoms with Gasteiger partial charge in [0.15, 0.2) is 17.3 Å². The van der Waals surface area contributed by atoms with Gasteiger partial charge in [0.25, 0.3) is 0 Å². The Morgan fingerprint density at radius 2 is 2.00 bits per heavy atom. The molecule has 0 unspecified atom stereocenters. The molecule has 0 aliphatic carbocycles. The molecule has 10 heteroatoms. The molecule has 8 nitrogen and oxygen atoms in total. The number of aromatic nitrogens is 4. The van der Waals surface area contributed by atoms with Crippen LogP contribution in [0.2, 0.25) is 0 Å². The predicted octanol–water partition coefficient (Wildman–Crippen LogP) is 2.62. The Hall–Kier alpha value is -2.56. The van der Waals surface area contributed by atoms with Gasteiger partial charge in [0, 0.05) is 30.7 Å². The van der Waals surface area contributed by atoms with Crippen molar-refractivity contribution in [3.63, 3.8) is 0 Å². The molecular weight excluding hydrogens is 417 g/mol. The van der Waals surface area contributed by atoms with Gasteiger partial charge in [-0.05, 0) is 38.0 Å². The van der Waals surface area contributed by atoms with Gasteiger partial charge in [-0.3, -0.25) is 0 Å². The maximum absolute atomic E-state index is 14.1. The molecule has 3 aromatic heterocycles.